The van der Waals surface area contributed by atoms with E-state index in [0.717, 1.165) is 0 Å². The molecule has 0 saturated carbocycles. The molecular weight excluding hydrogens is 203 g/mol. The van der Waals surface area contributed by atoms with E-state index in [2.05, 4.69) is 15.9 Å². The highest BCUT2D eigenvalue weighted by atomic mass is 79.9. The minimum Gasteiger partial charge on any atom is -0.481 e. The molecule has 1 atom stereocenters. The number of alkyl halides is 2. The van der Waals surface area contributed by atoms with Crippen molar-refractivity contribution in [1.29, 1.82) is 0 Å². The highest BCUT2D eigenvalue weighted by Gasteiger charge is 2.29. The molecule has 60 valence electrons. The zero-order valence-corrected chi connectivity index (χ0v) is 7.48. The fourth-order valence-electron chi connectivity index (χ4n) is 0.473. The first-order valence-electron chi connectivity index (χ1n) is 2.88. The van der Waals surface area contributed by atoms with Crippen LogP contribution in [-0.4, -0.2) is 16.2 Å². The van der Waals surface area contributed by atoms with Gasteiger partial charge in [-0.25, -0.2) is 4.39 Å². The first-order chi connectivity index (χ1) is 4.36. The van der Waals surface area contributed by atoms with Gasteiger partial charge in [-0.3, -0.25) is 4.79 Å². The molecule has 0 spiro atoms. The minimum absolute atomic E-state index is 0.0116. The van der Waals surface area contributed by atoms with Gasteiger partial charge in [0.2, 0.25) is 0 Å². The number of halogens is 2. The Morgan fingerprint density at radius 2 is 2.20 bits per heavy atom. The van der Waals surface area contributed by atoms with Crippen LogP contribution in [0.5, 0.6) is 0 Å². The van der Waals surface area contributed by atoms with Crippen molar-refractivity contribution in [2.75, 3.05) is 0 Å². The van der Waals surface area contributed by atoms with E-state index in [-0.39, 0.29) is 6.42 Å². The Bertz CT molecular complexity index is 134. The van der Waals surface area contributed by atoms with Crippen molar-refractivity contribution in [3.63, 3.8) is 0 Å². The molecule has 10 heavy (non-hydrogen) atoms. The van der Waals surface area contributed by atoms with Crippen LogP contribution in [0.2, 0.25) is 0 Å². The first kappa shape index (κ1) is 9.88. The fourth-order valence-corrected chi connectivity index (χ4v) is 1.28. The second-order valence-corrected chi connectivity index (χ2v) is 3.78. The SMILES string of the molecule is CC(C)(CC(F)Br)C(=O)O. The standard InChI is InChI=1S/C6H10BrFO2/c1-6(2,5(9)10)3-4(7)8/h4H,3H2,1-2H3,(H,9,10). The summed E-state index contributed by atoms with van der Waals surface area (Å²) >= 11 is 2.65. The molecule has 0 fully saturated rings. The van der Waals surface area contributed by atoms with Gasteiger partial charge in [-0.15, -0.1) is 0 Å². The van der Waals surface area contributed by atoms with E-state index >= 15 is 0 Å². The van der Waals surface area contributed by atoms with Gasteiger partial charge in [0, 0.05) is 6.42 Å². The molecule has 1 unspecified atom stereocenters. The van der Waals surface area contributed by atoms with Crippen molar-refractivity contribution in [3.05, 3.63) is 0 Å². The molecule has 0 aliphatic carbocycles. The lowest BCUT2D eigenvalue weighted by Gasteiger charge is -2.18. The van der Waals surface area contributed by atoms with Gasteiger partial charge in [0.1, 0.15) is 0 Å². The molecule has 0 amide bonds. The van der Waals surface area contributed by atoms with E-state index in [1.807, 2.05) is 0 Å². The van der Waals surface area contributed by atoms with Crippen LogP contribution in [0.25, 0.3) is 0 Å². The van der Waals surface area contributed by atoms with Crippen molar-refractivity contribution in [2.45, 2.75) is 25.3 Å². The summed E-state index contributed by atoms with van der Waals surface area (Å²) in [5.74, 6) is -0.977. The Morgan fingerprint density at radius 3 is 2.30 bits per heavy atom. The van der Waals surface area contributed by atoms with E-state index in [9.17, 15) is 9.18 Å². The number of carboxylic acid groups (broad SMARTS) is 1. The van der Waals surface area contributed by atoms with E-state index in [0.29, 0.717) is 0 Å². The summed E-state index contributed by atoms with van der Waals surface area (Å²) < 4.78 is 12.2. The average Bonchev–Trinajstić information content (AvgIpc) is 1.60. The molecule has 0 heterocycles. The van der Waals surface area contributed by atoms with Crippen molar-refractivity contribution in [1.82, 2.24) is 0 Å². The molecule has 1 N–H and O–H groups in total. The van der Waals surface area contributed by atoms with Gasteiger partial charge in [0.25, 0.3) is 0 Å². The van der Waals surface area contributed by atoms with E-state index in [4.69, 9.17) is 5.11 Å². The lowest BCUT2D eigenvalue weighted by Crippen LogP contribution is -2.25. The molecule has 0 radical (unpaired) electrons. The summed E-state index contributed by atoms with van der Waals surface area (Å²) in [6, 6.07) is 0. The Balaban J connectivity index is 4.00. The van der Waals surface area contributed by atoms with Gasteiger partial charge in [-0.1, -0.05) is 15.9 Å². The van der Waals surface area contributed by atoms with Crippen LogP contribution >= 0.6 is 15.9 Å². The zero-order valence-electron chi connectivity index (χ0n) is 5.90. The summed E-state index contributed by atoms with van der Waals surface area (Å²) in [7, 11) is 0. The normalized spacial score (nSPS) is 14.8. The monoisotopic (exact) mass is 212 g/mol. The van der Waals surface area contributed by atoms with Gasteiger partial charge >= 0.3 is 5.97 Å². The third-order valence-corrected chi connectivity index (χ3v) is 1.57. The smallest absolute Gasteiger partial charge is 0.309 e. The van der Waals surface area contributed by atoms with E-state index in [1.165, 1.54) is 13.8 Å². The fraction of sp³-hybridized carbons (Fsp3) is 0.833. The van der Waals surface area contributed by atoms with Crippen LogP contribution in [-0.2, 0) is 4.79 Å². The van der Waals surface area contributed by atoms with Crippen LogP contribution in [0.4, 0.5) is 4.39 Å². The molecule has 0 aliphatic heterocycles. The number of carbonyl (C=O) groups is 1. The van der Waals surface area contributed by atoms with Crippen LogP contribution in [0.1, 0.15) is 20.3 Å². The highest BCUT2D eigenvalue weighted by Crippen LogP contribution is 2.26. The zero-order chi connectivity index (χ0) is 8.36. The maximum Gasteiger partial charge on any atom is 0.309 e. The van der Waals surface area contributed by atoms with Crippen molar-refractivity contribution < 1.29 is 14.3 Å². The van der Waals surface area contributed by atoms with Crippen LogP contribution in [0, 0.1) is 5.41 Å². The van der Waals surface area contributed by atoms with Crippen molar-refractivity contribution >= 4 is 21.9 Å². The number of carboxylic acids is 1. The summed E-state index contributed by atoms with van der Waals surface area (Å²) in [4.78, 5) is 10.4. The van der Waals surface area contributed by atoms with Gasteiger partial charge in [0.05, 0.1) is 5.41 Å². The summed E-state index contributed by atoms with van der Waals surface area (Å²) in [6.07, 6.45) is -0.0116. The molecule has 0 aromatic heterocycles. The third kappa shape index (κ3) is 3.15. The molecule has 0 aromatic carbocycles. The lowest BCUT2D eigenvalue weighted by atomic mass is 9.90. The lowest BCUT2D eigenvalue weighted by molar-refractivity contribution is -0.147. The Hall–Kier alpha value is -0.120. The minimum atomic E-state index is -1.24. The summed E-state index contributed by atoms with van der Waals surface area (Å²) in [6.45, 7) is 2.98. The predicted octanol–water partition coefficient (Wildman–Crippen LogP) is 2.18. The number of rotatable bonds is 3. The van der Waals surface area contributed by atoms with Gasteiger partial charge in [-0.05, 0) is 13.8 Å². The molecular formula is C6H10BrFO2. The first-order valence-corrected chi connectivity index (χ1v) is 3.79. The van der Waals surface area contributed by atoms with Gasteiger partial charge < -0.3 is 5.11 Å². The molecule has 2 nitrogen and oxygen atoms in total. The quantitative estimate of drug-likeness (QED) is 0.729. The van der Waals surface area contributed by atoms with Crippen LogP contribution in [0.15, 0.2) is 0 Å². The Labute approximate surface area is 67.6 Å². The summed E-state index contributed by atoms with van der Waals surface area (Å²) in [5, 5.41) is 7.27. The maximum absolute atomic E-state index is 12.2. The van der Waals surface area contributed by atoms with Gasteiger partial charge in [-0.2, -0.15) is 0 Å². The molecule has 0 aliphatic rings. The second-order valence-electron chi connectivity index (χ2n) is 2.78. The molecule has 4 heteroatoms. The van der Waals surface area contributed by atoms with Gasteiger partial charge in [0.15, 0.2) is 5.08 Å². The van der Waals surface area contributed by atoms with E-state index < -0.39 is 16.5 Å². The molecule has 0 rings (SSSR count). The number of hydrogen-bond acceptors (Lipinski definition) is 1. The Morgan fingerprint density at radius 1 is 1.80 bits per heavy atom. The average molecular weight is 213 g/mol. The van der Waals surface area contributed by atoms with Crippen LogP contribution in [0.3, 0.4) is 0 Å². The largest absolute Gasteiger partial charge is 0.481 e. The topological polar surface area (TPSA) is 37.3 Å². The molecule has 0 bridgehead atoms. The predicted molar refractivity (Wildman–Crippen MR) is 39.9 cm³/mol. The van der Waals surface area contributed by atoms with Crippen molar-refractivity contribution in [2.24, 2.45) is 5.41 Å². The van der Waals surface area contributed by atoms with Crippen molar-refractivity contribution in [3.8, 4) is 0 Å². The number of hydrogen-bond donors (Lipinski definition) is 1. The van der Waals surface area contributed by atoms with Crippen LogP contribution < -0.4 is 0 Å². The summed E-state index contributed by atoms with van der Waals surface area (Å²) in [5.41, 5.74) is -0.983. The third-order valence-electron chi connectivity index (χ3n) is 1.24. The Kier molecular flexibility index (Phi) is 3.28. The number of aliphatic carboxylic acids is 1. The van der Waals surface area contributed by atoms with E-state index in [1.54, 1.807) is 0 Å². The maximum atomic E-state index is 12.2. The highest BCUT2D eigenvalue weighted by molar-refractivity contribution is 9.09. The second kappa shape index (κ2) is 3.32. The molecule has 0 saturated heterocycles. The molecule has 0 aromatic rings.